The first-order chi connectivity index (χ1) is 6.76. The standard InChI is InChI=1S/C11H19NOS/c1-3-10(12-9(2)8-13)7-11-5-4-6-14-11/h4-6,9-10,12-13H,3,7-8H2,1-2H3/t9-,10?/m0/s1. The predicted octanol–water partition coefficient (Wildman–Crippen LogP) is 2.04. The van der Waals surface area contributed by atoms with Crippen molar-refractivity contribution in [2.75, 3.05) is 6.61 Å². The van der Waals surface area contributed by atoms with E-state index in [4.69, 9.17) is 5.11 Å². The topological polar surface area (TPSA) is 32.3 Å². The fourth-order valence-electron chi connectivity index (χ4n) is 1.45. The van der Waals surface area contributed by atoms with Crippen LogP contribution < -0.4 is 5.32 Å². The summed E-state index contributed by atoms with van der Waals surface area (Å²) in [6, 6.07) is 4.93. The third kappa shape index (κ3) is 3.78. The van der Waals surface area contributed by atoms with Crippen LogP contribution in [-0.2, 0) is 6.42 Å². The molecule has 1 aromatic heterocycles. The maximum atomic E-state index is 8.95. The largest absolute Gasteiger partial charge is 0.395 e. The first-order valence-electron chi connectivity index (χ1n) is 5.15. The molecule has 0 aliphatic rings. The molecule has 0 saturated carbocycles. The first kappa shape index (κ1) is 11.7. The van der Waals surface area contributed by atoms with Crippen LogP contribution in [0.4, 0.5) is 0 Å². The molecule has 0 spiro atoms. The molecule has 14 heavy (non-hydrogen) atoms. The molecular weight excluding hydrogens is 194 g/mol. The zero-order chi connectivity index (χ0) is 10.4. The molecule has 1 aromatic rings. The van der Waals surface area contributed by atoms with Crippen LogP contribution in [0.2, 0.25) is 0 Å². The number of hydrogen-bond acceptors (Lipinski definition) is 3. The number of rotatable bonds is 6. The van der Waals surface area contributed by atoms with Gasteiger partial charge in [-0.1, -0.05) is 13.0 Å². The second-order valence-electron chi connectivity index (χ2n) is 3.64. The molecule has 1 heterocycles. The Morgan fingerprint density at radius 3 is 2.86 bits per heavy atom. The molecule has 0 bridgehead atoms. The Labute approximate surface area is 90.0 Å². The second kappa shape index (κ2) is 6.17. The third-order valence-corrected chi connectivity index (χ3v) is 3.21. The number of thiophene rings is 1. The van der Waals surface area contributed by atoms with Crippen molar-refractivity contribution in [2.24, 2.45) is 0 Å². The molecule has 1 unspecified atom stereocenters. The van der Waals surface area contributed by atoms with Crippen LogP contribution >= 0.6 is 11.3 Å². The SMILES string of the molecule is CCC(Cc1cccs1)N[C@@H](C)CO. The normalized spacial score (nSPS) is 15.4. The predicted molar refractivity (Wildman–Crippen MR) is 61.8 cm³/mol. The zero-order valence-electron chi connectivity index (χ0n) is 8.86. The van der Waals surface area contributed by atoms with Crippen molar-refractivity contribution in [3.8, 4) is 0 Å². The van der Waals surface area contributed by atoms with E-state index in [0.717, 1.165) is 12.8 Å². The molecule has 0 saturated heterocycles. The van der Waals surface area contributed by atoms with E-state index in [1.165, 1.54) is 4.88 Å². The Bertz CT molecular complexity index is 235. The van der Waals surface area contributed by atoms with Crippen LogP contribution in [0.25, 0.3) is 0 Å². The van der Waals surface area contributed by atoms with E-state index in [1.807, 2.05) is 6.92 Å². The summed E-state index contributed by atoms with van der Waals surface area (Å²) in [4.78, 5) is 1.41. The van der Waals surface area contributed by atoms with E-state index in [0.29, 0.717) is 6.04 Å². The Kier molecular flexibility index (Phi) is 5.15. The van der Waals surface area contributed by atoms with E-state index < -0.39 is 0 Å². The van der Waals surface area contributed by atoms with Gasteiger partial charge in [-0.3, -0.25) is 0 Å². The molecule has 0 radical (unpaired) electrons. The lowest BCUT2D eigenvalue weighted by Gasteiger charge is -2.20. The Hall–Kier alpha value is -0.380. The van der Waals surface area contributed by atoms with E-state index in [9.17, 15) is 0 Å². The molecule has 0 aliphatic carbocycles. The molecular formula is C11H19NOS. The van der Waals surface area contributed by atoms with Crippen molar-refractivity contribution < 1.29 is 5.11 Å². The van der Waals surface area contributed by atoms with Crippen LogP contribution in [0.1, 0.15) is 25.1 Å². The van der Waals surface area contributed by atoms with E-state index in [1.54, 1.807) is 11.3 Å². The lowest BCUT2D eigenvalue weighted by atomic mass is 10.1. The van der Waals surface area contributed by atoms with Crippen LogP contribution in [0.5, 0.6) is 0 Å². The minimum Gasteiger partial charge on any atom is -0.395 e. The first-order valence-corrected chi connectivity index (χ1v) is 6.03. The van der Waals surface area contributed by atoms with Crippen molar-refractivity contribution >= 4 is 11.3 Å². The van der Waals surface area contributed by atoms with E-state index in [2.05, 4.69) is 29.8 Å². The van der Waals surface area contributed by atoms with Crippen molar-refractivity contribution in [3.63, 3.8) is 0 Å². The molecule has 2 atom stereocenters. The number of aliphatic hydroxyl groups excluding tert-OH is 1. The van der Waals surface area contributed by atoms with Gasteiger partial charge in [-0.15, -0.1) is 11.3 Å². The van der Waals surface area contributed by atoms with Crippen molar-refractivity contribution in [3.05, 3.63) is 22.4 Å². The smallest absolute Gasteiger partial charge is 0.0582 e. The fourth-order valence-corrected chi connectivity index (χ4v) is 2.23. The van der Waals surface area contributed by atoms with Gasteiger partial charge < -0.3 is 10.4 Å². The molecule has 0 aromatic carbocycles. The summed E-state index contributed by atoms with van der Waals surface area (Å²) < 4.78 is 0. The highest BCUT2D eigenvalue weighted by Crippen LogP contribution is 2.12. The summed E-state index contributed by atoms with van der Waals surface area (Å²) in [6.07, 6.45) is 2.17. The van der Waals surface area contributed by atoms with E-state index >= 15 is 0 Å². The highest BCUT2D eigenvalue weighted by molar-refractivity contribution is 7.09. The molecule has 0 aliphatic heterocycles. The number of nitrogens with one attached hydrogen (secondary N) is 1. The van der Waals surface area contributed by atoms with Gasteiger partial charge in [0.25, 0.3) is 0 Å². The van der Waals surface area contributed by atoms with Gasteiger partial charge in [0.15, 0.2) is 0 Å². The Morgan fingerprint density at radius 1 is 1.57 bits per heavy atom. The quantitative estimate of drug-likeness (QED) is 0.758. The van der Waals surface area contributed by atoms with Crippen LogP contribution in [-0.4, -0.2) is 23.8 Å². The average molecular weight is 213 g/mol. The van der Waals surface area contributed by atoms with Gasteiger partial charge in [0.2, 0.25) is 0 Å². The monoisotopic (exact) mass is 213 g/mol. The van der Waals surface area contributed by atoms with Gasteiger partial charge in [0.1, 0.15) is 0 Å². The van der Waals surface area contributed by atoms with E-state index in [-0.39, 0.29) is 12.6 Å². The van der Waals surface area contributed by atoms with Gasteiger partial charge in [-0.05, 0) is 31.2 Å². The molecule has 0 amide bonds. The average Bonchev–Trinajstić information content (AvgIpc) is 2.69. The van der Waals surface area contributed by atoms with Gasteiger partial charge >= 0.3 is 0 Å². The summed E-state index contributed by atoms with van der Waals surface area (Å²) in [6.45, 7) is 4.40. The summed E-state index contributed by atoms with van der Waals surface area (Å²) in [5.74, 6) is 0. The van der Waals surface area contributed by atoms with Gasteiger partial charge in [-0.25, -0.2) is 0 Å². The maximum absolute atomic E-state index is 8.95. The zero-order valence-corrected chi connectivity index (χ0v) is 9.68. The third-order valence-electron chi connectivity index (χ3n) is 2.31. The summed E-state index contributed by atoms with van der Waals surface area (Å²) in [7, 11) is 0. The van der Waals surface area contributed by atoms with Gasteiger partial charge in [0, 0.05) is 17.0 Å². The van der Waals surface area contributed by atoms with Crippen LogP contribution in [0.15, 0.2) is 17.5 Å². The number of aliphatic hydroxyl groups is 1. The molecule has 3 heteroatoms. The number of hydrogen-bond donors (Lipinski definition) is 2. The Morgan fingerprint density at radius 2 is 2.36 bits per heavy atom. The minimum absolute atomic E-state index is 0.194. The molecule has 80 valence electrons. The molecule has 2 N–H and O–H groups in total. The van der Waals surface area contributed by atoms with Gasteiger partial charge in [0.05, 0.1) is 6.61 Å². The highest BCUT2D eigenvalue weighted by atomic mass is 32.1. The van der Waals surface area contributed by atoms with Crippen LogP contribution in [0.3, 0.4) is 0 Å². The molecule has 0 fully saturated rings. The summed E-state index contributed by atoms with van der Waals surface area (Å²) in [5.41, 5.74) is 0. The highest BCUT2D eigenvalue weighted by Gasteiger charge is 2.10. The summed E-state index contributed by atoms with van der Waals surface area (Å²) >= 11 is 1.80. The summed E-state index contributed by atoms with van der Waals surface area (Å²) in [5, 5.41) is 14.5. The van der Waals surface area contributed by atoms with Gasteiger partial charge in [-0.2, -0.15) is 0 Å². The molecule has 2 nitrogen and oxygen atoms in total. The van der Waals surface area contributed by atoms with Crippen molar-refractivity contribution in [1.29, 1.82) is 0 Å². The minimum atomic E-state index is 0.194. The van der Waals surface area contributed by atoms with Crippen LogP contribution in [0, 0.1) is 0 Å². The lowest BCUT2D eigenvalue weighted by molar-refractivity contribution is 0.239. The molecule has 1 rings (SSSR count). The maximum Gasteiger partial charge on any atom is 0.0582 e. The van der Waals surface area contributed by atoms with Crippen molar-refractivity contribution in [2.45, 2.75) is 38.8 Å². The fraction of sp³-hybridized carbons (Fsp3) is 0.636. The second-order valence-corrected chi connectivity index (χ2v) is 4.67. The Balaban J connectivity index is 2.39. The lowest BCUT2D eigenvalue weighted by Crippen LogP contribution is -2.39. The van der Waals surface area contributed by atoms with Crippen molar-refractivity contribution in [1.82, 2.24) is 5.32 Å².